The van der Waals surface area contributed by atoms with Crippen molar-refractivity contribution in [3.63, 3.8) is 0 Å². The lowest BCUT2D eigenvalue weighted by Gasteiger charge is -2.17. The summed E-state index contributed by atoms with van der Waals surface area (Å²) in [5.74, 6) is 0.128. The molecule has 2 N–H and O–H groups in total. The van der Waals surface area contributed by atoms with Crippen molar-refractivity contribution in [1.29, 1.82) is 0 Å². The van der Waals surface area contributed by atoms with Crippen LogP contribution in [0.3, 0.4) is 0 Å². The Hall–Kier alpha value is -2.02. The predicted molar refractivity (Wildman–Crippen MR) is 83.9 cm³/mol. The van der Waals surface area contributed by atoms with Gasteiger partial charge in [-0.05, 0) is 35.7 Å². The second kappa shape index (κ2) is 6.83. The second-order valence-corrected chi connectivity index (χ2v) is 6.03. The number of nitrogens with zero attached hydrogens (tertiary/aromatic N) is 1. The van der Waals surface area contributed by atoms with Crippen LogP contribution in [0.25, 0.3) is 0 Å². The Kier molecular flexibility index (Phi) is 4.62. The number of carbonyl (C=O) groups excluding carboxylic acids is 1. The van der Waals surface area contributed by atoms with E-state index in [2.05, 4.69) is 16.4 Å². The van der Waals surface area contributed by atoms with Gasteiger partial charge in [-0.3, -0.25) is 10.0 Å². The predicted octanol–water partition coefficient (Wildman–Crippen LogP) is 2.71. The minimum atomic E-state index is -0.540. The first-order valence-corrected chi connectivity index (χ1v) is 7.72. The van der Waals surface area contributed by atoms with Crippen LogP contribution in [-0.4, -0.2) is 28.6 Å². The molecule has 5 nitrogen and oxygen atoms in total. The zero-order valence-corrected chi connectivity index (χ0v) is 12.7. The average molecular weight is 316 g/mol. The number of fused-ring (bicyclic) bond motifs is 1. The van der Waals surface area contributed by atoms with E-state index in [0.29, 0.717) is 17.9 Å². The maximum absolute atomic E-state index is 11.5. The maximum Gasteiger partial charge on any atom is 0.274 e. The van der Waals surface area contributed by atoms with Gasteiger partial charge < -0.3 is 4.74 Å². The van der Waals surface area contributed by atoms with Crippen LogP contribution < -0.4 is 10.2 Å². The number of carbonyl (C=O) groups is 1. The van der Waals surface area contributed by atoms with E-state index in [4.69, 9.17) is 9.94 Å². The van der Waals surface area contributed by atoms with Gasteiger partial charge in [0.05, 0.1) is 4.90 Å². The molecular formula is C16H16N2O3S. The van der Waals surface area contributed by atoms with E-state index >= 15 is 0 Å². The molecule has 0 saturated heterocycles. The Bertz CT molecular complexity index is 664. The van der Waals surface area contributed by atoms with Gasteiger partial charge in [0.25, 0.3) is 5.91 Å². The molecule has 0 spiro atoms. The van der Waals surface area contributed by atoms with Crippen LogP contribution in [0.1, 0.15) is 15.9 Å². The van der Waals surface area contributed by atoms with Gasteiger partial charge in [0, 0.05) is 18.7 Å². The minimum absolute atomic E-state index is 0.373. The van der Waals surface area contributed by atoms with Crippen molar-refractivity contribution in [1.82, 2.24) is 9.79 Å². The molecule has 1 heterocycles. The summed E-state index contributed by atoms with van der Waals surface area (Å²) in [4.78, 5) is 12.4. The third kappa shape index (κ3) is 3.41. The number of rotatable bonds is 3. The maximum atomic E-state index is 11.5. The number of hydrogen-bond donors (Lipinski definition) is 2. The molecule has 2 aromatic carbocycles. The molecule has 0 aliphatic carbocycles. The highest BCUT2D eigenvalue weighted by Gasteiger charge is 2.18. The van der Waals surface area contributed by atoms with Crippen molar-refractivity contribution >= 4 is 17.9 Å². The molecule has 1 aliphatic heterocycles. The summed E-state index contributed by atoms with van der Waals surface area (Å²) in [6.07, 6.45) is 0. The summed E-state index contributed by atoms with van der Waals surface area (Å²) in [5, 5.41) is 8.70. The summed E-state index contributed by atoms with van der Waals surface area (Å²) < 4.78 is 7.96. The summed E-state index contributed by atoms with van der Waals surface area (Å²) in [6.45, 7) is 2.17. The van der Waals surface area contributed by atoms with Crippen LogP contribution in [0.2, 0.25) is 0 Å². The lowest BCUT2D eigenvalue weighted by atomic mass is 10.2. The Morgan fingerprint density at radius 2 is 2.09 bits per heavy atom. The number of amides is 1. The van der Waals surface area contributed by atoms with E-state index in [-0.39, 0.29) is 0 Å². The summed E-state index contributed by atoms with van der Waals surface area (Å²) in [5.41, 5.74) is 3.25. The highest BCUT2D eigenvalue weighted by atomic mass is 32.2. The van der Waals surface area contributed by atoms with Gasteiger partial charge in [-0.1, -0.05) is 30.3 Å². The fraction of sp³-hybridized carbons (Fsp3) is 0.188. The van der Waals surface area contributed by atoms with Gasteiger partial charge in [0.15, 0.2) is 0 Å². The van der Waals surface area contributed by atoms with E-state index in [1.54, 1.807) is 29.6 Å². The van der Waals surface area contributed by atoms with Crippen LogP contribution in [0.4, 0.5) is 0 Å². The number of hydroxylamine groups is 1. The molecule has 0 radical (unpaired) electrons. The van der Waals surface area contributed by atoms with Crippen LogP contribution in [0, 0.1) is 0 Å². The van der Waals surface area contributed by atoms with Crippen LogP contribution in [0.5, 0.6) is 5.75 Å². The molecule has 0 saturated carbocycles. The number of hydrogen-bond acceptors (Lipinski definition) is 5. The highest BCUT2D eigenvalue weighted by Crippen LogP contribution is 2.35. The molecular weight excluding hydrogens is 300 g/mol. The smallest absolute Gasteiger partial charge is 0.274 e. The molecule has 0 bridgehead atoms. The molecule has 6 heteroatoms. The quantitative estimate of drug-likeness (QED) is 0.518. The van der Waals surface area contributed by atoms with E-state index < -0.39 is 5.91 Å². The Morgan fingerprint density at radius 1 is 1.27 bits per heavy atom. The van der Waals surface area contributed by atoms with Crippen LogP contribution in [-0.2, 0) is 6.54 Å². The van der Waals surface area contributed by atoms with Gasteiger partial charge in [-0.15, -0.1) is 0 Å². The minimum Gasteiger partial charge on any atom is -0.491 e. The topological polar surface area (TPSA) is 61.8 Å². The first kappa shape index (κ1) is 14.9. The average Bonchev–Trinajstić information content (AvgIpc) is 2.76. The van der Waals surface area contributed by atoms with Gasteiger partial charge in [0.2, 0.25) is 0 Å². The first-order chi connectivity index (χ1) is 10.8. The van der Waals surface area contributed by atoms with E-state index in [9.17, 15) is 4.79 Å². The summed E-state index contributed by atoms with van der Waals surface area (Å²) in [7, 11) is 0. The normalized spacial score (nSPS) is 14.6. The number of benzene rings is 2. The standard InChI is InChI=1S/C16H16N2O3S/c19-16(17-20)13-6-7-15-14(10-13)21-9-8-18(22-15)11-12-4-2-1-3-5-12/h1-7,10,20H,8-9,11H2,(H,17,19). The number of ether oxygens (including phenoxy) is 1. The van der Waals surface area contributed by atoms with Crippen molar-refractivity contribution in [2.45, 2.75) is 11.4 Å². The first-order valence-electron chi connectivity index (χ1n) is 6.94. The van der Waals surface area contributed by atoms with Crippen LogP contribution >= 0.6 is 11.9 Å². The monoisotopic (exact) mass is 316 g/mol. The van der Waals surface area contributed by atoms with Crippen LogP contribution in [0.15, 0.2) is 53.4 Å². The van der Waals surface area contributed by atoms with Gasteiger partial charge in [-0.25, -0.2) is 9.79 Å². The van der Waals surface area contributed by atoms with E-state index in [0.717, 1.165) is 18.0 Å². The van der Waals surface area contributed by atoms with Gasteiger partial charge in [-0.2, -0.15) is 0 Å². The van der Waals surface area contributed by atoms with E-state index in [1.165, 1.54) is 5.56 Å². The fourth-order valence-electron chi connectivity index (χ4n) is 2.24. The lowest BCUT2D eigenvalue weighted by molar-refractivity contribution is 0.0706. The van der Waals surface area contributed by atoms with Gasteiger partial charge >= 0.3 is 0 Å². The van der Waals surface area contributed by atoms with Gasteiger partial charge in [0.1, 0.15) is 12.4 Å². The lowest BCUT2D eigenvalue weighted by Crippen LogP contribution is -2.19. The van der Waals surface area contributed by atoms with E-state index in [1.807, 2.05) is 24.3 Å². The van der Waals surface area contributed by atoms with Crippen molar-refractivity contribution in [2.75, 3.05) is 13.2 Å². The molecule has 0 aromatic heterocycles. The largest absolute Gasteiger partial charge is 0.491 e. The molecule has 0 atom stereocenters. The molecule has 0 fully saturated rings. The summed E-state index contributed by atoms with van der Waals surface area (Å²) >= 11 is 1.61. The van der Waals surface area contributed by atoms with Crippen molar-refractivity contribution in [3.8, 4) is 5.75 Å². The molecule has 22 heavy (non-hydrogen) atoms. The van der Waals surface area contributed by atoms with Crippen molar-refractivity contribution in [3.05, 3.63) is 59.7 Å². The number of nitrogens with one attached hydrogen (secondary N) is 1. The molecule has 114 valence electrons. The Labute approximate surface area is 133 Å². The summed E-state index contributed by atoms with van der Waals surface area (Å²) in [6, 6.07) is 15.4. The zero-order valence-electron chi connectivity index (χ0n) is 11.9. The second-order valence-electron chi connectivity index (χ2n) is 4.89. The SMILES string of the molecule is O=C(NO)c1ccc2c(c1)OCCN(Cc1ccccc1)S2. The Balaban J connectivity index is 1.77. The Morgan fingerprint density at radius 3 is 2.86 bits per heavy atom. The molecule has 0 unspecified atom stereocenters. The third-order valence-electron chi connectivity index (χ3n) is 3.33. The highest BCUT2D eigenvalue weighted by molar-refractivity contribution is 7.97. The third-order valence-corrected chi connectivity index (χ3v) is 4.44. The van der Waals surface area contributed by atoms with Crippen molar-refractivity contribution in [2.24, 2.45) is 0 Å². The fourth-order valence-corrected chi connectivity index (χ4v) is 3.24. The zero-order chi connectivity index (χ0) is 15.4. The molecule has 3 rings (SSSR count). The van der Waals surface area contributed by atoms with Crippen molar-refractivity contribution < 1.29 is 14.7 Å². The molecule has 2 aromatic rings. The molecule has 1 amide bonds. The molecule has 1 aliphatic rings.